The maximum Gasteiger partial charge on any atom is 0.311 e. The van der Waals surface area contributed by atoms with Gasteiger partial charge in [-0.2, -0.15) is 0 Å². The predicted molar refractivity (Wildman–Crippen MR) is 92.3 cm³/mol. The van der Waals surface area contributed by atoms with Gasteiger partial charge in [0, 0.05) is 23.1 Å². The Morgan fingerprint density at radius 3 is 2.84 bits per heavy atom. The van der Waals surface area contributed by atoms with Crippen molar-refractivity contribution in [3.63, 3.8) is 0 Å². The van der Waals surface area contributed by atoms with E-state index in [-0.39, 0.29) is 12.1 Å². The van der Waals surface area contributed by atoms with Crippen LogP contribution in [0.1, 0.15) is 29.7 Å². The maximum absolute atomic E-state index is 12.2. The van der Waals surface area contributed by atoms with Crippen molar-refractivity contribution in [2.24, 2.45) is 0 Å². The fourth-order valence-corrected chi connectivity index (χ4v) is 2.68. The number of nitro groups is 1. The van der Waals surface area contributed by atoms with Crippen LogP contribution in [0.25, 0.3) is 11.0 Å². The zero-order valence-electron chi connectivity index (χ0n) is 13.9. The highest BCUT2D eigenvalue weighted by Crippen LogP contribution is 2.25. The van der Waals surface area contributed by atoms with E-state index in [1.165, 1.54) is 12.1 Å². The number of nitro benzene ring substituents is 1. The molecule has 6 heteroatoms. The predicted octanol–water partition coefficient (Wildman–Crippen LogP) is 4.50. The van der Waals surface area contributed by atoms with Crippen LogP contribution in [0.5, 0.6) is 0 Å². The minimum Gasteiger partial charge on any atom is -0.464 e. The van der Waals surface area contributed by atoms with Gasteiger partial charge in [-0.25, -0.2) is 0 Å². The molecule has 0 N–H and O–H groups in total. The molecule has 0 amide bonds. The quantitative estimate of drug-likeness (QED) is 0.388. The molecular weight excluding hydrogens is 322 g/mol. The Morgan fingerprint density at radius 2 is 2.08 bits per heavy atom. The third-order valence-electron chi connectivity index (χ3n) is 4.00. The van der Waals surface area contributed by atoms with Crippen molar-refractivity contribution in [3.8, 4) is 0 Å². The molecule has 6 nitrogen and oxygen atoms in total. The van der Waals surface area contributed by atoms with Gasteiger partial charge in [0.05, 0.1) is 17.6 Å². The summed E-state index contributed by atoms with van der Waals surface area (Å²) in [6.45, 7) is 3.66. The van der Waals surface area contributed by atoms with E-state index in [2.05, 4.69) is 0 Å². The number of carbonyl (C=O) groups excluding carboxylic acids is 1. The lowest BCUT2D eigenvalue weighted by Gasteiger charge is -2.13. The van der Waals surface area contributed by atoms with Crippen LogP contribution in [-0.4, -0.2) is 10.9 Å². The van der Waals surface area contributed by atoms with E-state index < -0.39 is 17.0 Å². The van der Waals surface area contributed by atoms with Gasteiger partial charge in [-0.15, -0.1) is 0 Å². The third-order valence-corrected chi connectivity index (χ3v) is 4.00. The first-order valence-electron chi connectivity index (χ1n) is 7.84. The fourth-order valence-electron chi connectivity index (χ4n) is 2.68. The topological polar surface area (TPSA) is 82.6 Å². The second-order valence-corrected chi connectivity index (χ2v) is 5.92. The fraction of sp³-hybridized carbons (Fsp3) is 0.211. The van der Waals surface area contributed by atoms with E-state index in [0.29, 0.717) is 5.56 Å². The number of hydrogen-bond donors (Lipinski definition) is 0. The van der Waals surface area contributed by atoms with Crippen LogP contribution in [0.15, 0.2) is 53.1 Å². The molecule has 0 aliphatic heterocycles. The van der Waals surface area contributed by atoms with Crippen molar-refractivity contribution in [2.45, 2.75) is 26.4 Å². The van der Waals surface area contributed by atoms with Crippen molar-refractivity contribution in [1.29, 1.82) is 0 Å². The Bertz CT molecular complexity index is 944. The summed E-state index contributed by atoms with van der Waals surface area (Å²) < 4.78 is 10.9. The SMILES string of the molecule is Cc1ccc2c(CC(=O)O[C@@H](C)c3cccc([N+](=O)[O-])c3)coc2c1. The summed E-state index contributed by atoms with van der Waals surface area (Å²) >= 11 is 0. The van der Waals surface area contributed by atoms with Crippen LogP contribution < -0.4 is 0 Å². The standard InChI is InChI=1S/C19H17NO5/c1-12-6-7-17-15(11-24-18(17)8-12)10-19(21)25-13(2)14-4-3-5-16(9-14)20(22)23/h3-9,11,13H,10H2,1-2H3/t13-/m0/s1. The average molecular weight is 339 g/mol. The van der Waals surface area contributed by atoms with Crippen LogP contribution in [-0.2, 0) is 16.0 Å². The van der Waals surface area contributed by atoms with Crippen LogP contribution in [0.4, 0.5) is 5.69 Å². The maximum atomic E-state index is 12.2. The van der Waals surface area contributed by atoms with Gasteiger partial charge in [-0.3, -0.25) is 14.9 Å². The Balaban J connectivity index is 1.71. The number of furan rings is 1. The first-order valence-corrected chi connectivity index (χ1v) is 7.84. The number of ether oxygens (including phenoxy) is 1. The van der Waals surface area contributed by atoms with Gasteiger partial charge in [-0.1, -0.05) is 24.3 Å². The molecule has 0 saturated heterocycles. The summed E-state index contributed by atoms with van der Waals surface area (Å²) in [7, 11) is 0. The molecule has 25 heavy (non-hydrogen) atoms. The molecule has 0 aliphatic carbocycles. The number of non-ortho nitro benzene ring substituents is 1. The number of carbonyl (C=O) groups is 1. The van der Waals surface area contributed by atoms with Crippen molar-refractivity contribution in [3.05, 3.63) is 75.5 Å². The zero-order chi connectivity index (χ0) is 18.0. The molecule has 0 saturated carbocycles. The van der Waals surface area contributed by atoms with Crippen molar-refractivity contribution in [2.75, 3.05) is 0 Å². The van der Waals surface area contributed by atoms with Crippen LogP contribution in [0.3, 0.4) is 0 Å². The molecule has 0 aliphatic rings. The van der Waals surface area contributed by atoms with E-state index in [1.54, 1.807) is 25.3 Å². The molecule has 3 rings (SSSR count). The Hall–Kier alpha value is -3.15. The van der Waals surface area contributed by atoms with E-state index in [1.807, 2.05) is 25.1 Å². The summed E-state index contributed by atoms with van der Waals surface area (Å²) in [6, 6.07) is 11.9. The Labute approximate surface area is 144 Å². The minimum absolute atomic E-state index is 0.0309. The smallest absolute Gasteiger partial charge is 0.311 e. The van der Waals surface area contributed by atoms with Crippen LogP contribution in [0.2, 0.25) is 0 Å². The normalized spacial score (nSPS) is 12.1. The number of hydrogen-bond acceptors (Lipinski definition) is 5. The van der Waals surface area contributed by atoms with Crippen molar-refractivity contribution >= 4 is 22.6 Å². The van der Waals surface area contributed by atoms with E-state index in [0.717, 1.165) is 22.1 Å². The van der Waals surface area contributed by atoms with Gasteiger partial charge >= 0.3 is 5.97 Å². The lowest BCUT2D eigenvalue weighted by Crippen LogP contribution is -2.11. The molecule has 128 valence electrons. The lowest BCUT2D eigenvalue weighted by atomic mass is 10.1. The molecular formula is C19H17NO5. The summed E-state index contributed by atoms with van der Waals surface area (Å²) in [4.78, 5) is 22.6. The van der Waals surface area contributed by atoms with E-state index >= 15 is 0 Å². The minimum atomic E-state index is -0.576. The van der Waals surface area contributed by atoms with Crippen molar-refractivity contribution in [1.82, 2.24) is 0 Å². The summed E-state index contributed by atoms with van der Waals surface area (Å²) in [5, 5.41) is 11.7. The lowest BCUT2D eigenvalue weighted by molar-refractivity contribution is -0.385. The molecule has 0 unspecified atom stereocenters. The molecule has 0 bridgehead atoms. The van der Waals surface area contributed by atoms with Crippen molar-refractivity contribution < 1.29 is 18.9 Å². The molecule has 3 aromatic rings. The van der Waals surface area contributed by atoms with E-state index in [9.17, 15) is 14.9 Å². The number of aryl methyl sites for hydroxylation is 1. The highest BCUT2D eigenvalue weighted by atomic mass is 16.6. The number of nitrogens with zero attached hydrogens (tertiary/aromatic N) is 1. The largest absolute Gasteiger partial charge is 0.464 e. The van der Waals surface area contributed by atoms with Gasteiger partial charge < -0.3 is 9.15 Å². The second kappa shape index (κ2) is 6.76. The second-order valence-electron chi connectivity index (χ2n) is 5.92. The van der Waals surface area contributed by atoms with Gasteiger partial charge in [0.2, 0.25) is 0 Å². The number of fused-ring (bicyclic) bond motifs is 1. The summed E-state index contributed by atoms with van der Waals surface area (Å²) in [5.74, 6) is -0.415. The average Bonchev–Trinajstić information content (AvgIpc) is 2.96. The van der Waals surface area contributed by atoms with Crippen LogP contribution in [0, 0.1) is 17.0 Å². The molecule has 0 radical (unpaired) electrons. The summed E-state index contributed by atoms with van der Waals surface area (Å²) in [5.41, 5.74) is 3.11. The molecule has 0 spiro atoms. The van der Waals surface area contributed by atoms with Crippen LogP contribution >= 0.6 is 0 Å². The van der Waals surface area contributed by atoms with Gasteiger partial charge in [0.15, 0.2) is 0 Å². The first kappa shape index (κ1) is 16.7. The molecule has 1 atom stereocenters. The zero-order valence-corrected chi connectivity index (χ0v) is 13.9. The first-order chi connectivity index (χ1) is 11.9. The monoisotopic (exact) mass is 339 g/mol. The molecule has 1 heterocycles. The molecule has 0 fully saturated rings. The molecule has 1 aromatic heterocycles. The highest BCUT2D eigenvalue weighted by molar-refractivity contribution is 5.86. The van der Waals surface area contributed by atoms with Gasteiger partial charge in [0.25, 0.3) is 5.69 Å². The number of rotatable bonds is 5. The Kier molecular flexibility index (Phi) is 4.52. The molecule has 2 aromatic carbocycles. The number of benzene rings is 2. The van der Waals surface area contributed by atoms with Gasteiger partial charge in [-0.05, 0) is 31.0 Å². The van der Waals surface area contributed by atoms with E-state index in [4.69, 9.17) is 9.15 Å². The Morgan fingerprint density at radius 1 is 1.28 bits per heavy atom. The number of esters is 1. The summed E-state index contributed by atoms with van der Waals surface area (Å²) in [6.07, 6.45) is 1.06. The third kappa shape index (κ3) is 3.68. The highest BCUT2D eigenvalue weighted by Gasteiger charge is 2.17. The van der Waals surface area contributed by atoms with Gasteiger partial charge in [0.1, 0.15) is 11.7 Å².